The maximum atomic E-state index is 13.1. The van der Waals surface area contributed by atoms with E-state index in [9.17, 15) is 23.6 Å². The largest absolute Gasteiger partial charge is 0.481 e. The number of urea groups is 1. The molecule has 9 heteroatoms. The molecular weight excluding hydrogens is 333 g/mol. The molecule has 2 fully saturated rings. The third-order valence-corrected chi connectivity index (χ3v) is 4.34. The highest BCUT2D eigenvalue weighted by atomic mass is 19.1. The number of amides is 4. The number of carbonyl (C=O) groups excluding carboxylic acids is 3. The third kappa shape index (κ3) is 3.17. The number of fused-ring (bicyclic) bond motifs is 1. The molecule has 132 valence electrons. The summed E-state index contributed by atoms with van der Waals surface area (Å²) in [6.45, 7) is 0.261. The summed E-state index contributed by atoms with van der Waals surface area (Å²) in [7, 11) is 0. The van der Waals surface area contributed by atoms with Crippen LogP contribution < -0.4 is 10.2 Å². The van der Waals surface area contributed by atoms with Gasteiger partial charge >= 0.3 is 12.0 Å². The van der Waals surface area contributed by atoms with Crippen molar-refractivity contribution in [3.05, 3.63) is 30.1 Å². The van der Waals surface area contributed by atoms with Gasteiger partial charge in [-0.25, -0.2) is 14.1 Å². The maximum absolute atomic E-state index is 13.1. The second-order valence-corrected chi connectivity index (χ2v) is 5.92. The number of halogens is 1. The first kappa shape index (κ1) is 16.9. The van der Waals surface area contributed by atoms with Gasteiger partial charge < -0.3 is 15.3 Å². The summed E-state index contributed by atoms with van der Waals surface area (Å²) in [5, 5.41) is 11.4. The number of carboxylic acid groups (broad SMARTS) is 1. The standard InChI is InChI=1S/C16H16FN3O5/c17-9-1-3-10(4-2-9)20-15(24)14-11(18-16(20)25)7-8-19(14)12(21)5-6-13(22)23/h1-4,11,14H,5-8H2,(H,18,25)(H,22,23). The zero-order valence-electron chi connectivity index (χ0n) is 13.1. The fourth-order valence-electron chi connectivity index (χ4n) is 3.18. The minimum Gasteiger partial charge on any atom is -0.481 e. The maximum Gasteiger partial charge on any atom is 0.329 e. The molecule has 0 bridgehead atoms. The first-order valence-corrected chi connectivity index (χ1v) is 7.80. The summed E-state index contributed by atoms with van der Waals surface area (Å²) in [6.07, 6.45) is -0.122. The highest BCUT2D eigenvalue weighted by Gasteiger charge is 2.49. The molecule has 0 radical (unpaired) electrons. The van der Waals surface area contributed by atoms with E-state index in [1.807, 2.05) is 0 Å². The van der Waals surface area contributed by atoms with Crippen molar-refractivity contribution in [2.24, 2.45) is 0 Å². The monoisotopic (exact) mass is 349 g/mol. The van der Waals surface area contributed by atoms with Crippen molar-refractivity contribution >= 4 is 29.5 Å². The van der Waals surface area contributed by atoms with Gasteiger partial charge in [0.05, 0.1) is 18.2 Å². The van der Waals surface area contributed by atoms with Crippen molar-refractivity contribution in [1.82, 2.24) is 10.2 Å². The van der Waals surface area contributed by atoms with Gasteiger partial charge in [-0.2, -0.15) is 0 Å². The first-order valence-electron chi connectivity index (χ1n) is 7.80. The Balaban J connectivity index is 1.82. The number of rotatable bonds is 4. The van der Waals surface area contributed by atoms with E-state index >= 15 is 0 Å². The Morgan fingerprint density at radius 1 is 1.20 bits per heavy atom. The van der Waals surface area contributed by atoms with Crippen LogP contribution in [-0.4, -0.2) is 52.4 Å². The predicted octanol–water partition coefficient (Wildman–Crippen LogP) is 0.716. The second kappa shape index (κ2) is 6.50. The van der Waals surface area contributed by atoms with Crippen molar-refractivity contribution in [2.45, 2.75) is 31.3 Å². The first-order chi connectivity index (χ1) is 11.9. The Morgan fingerprint density at radius 2 is 1.88 bits per heavy atom. The molecule has 2 saturated heterocycles. The summed E-state index contributed by atoms with van der Waals surface area (Å²) in [5.41, 5.74) is 0.201. The molecule has 0 aromatic heterocycles. The van der Waals surface area contributed by atoms with E-state index in [-0.39, 0.29) is 25.1 Å². The normalized spacial score (nSPS) is 22.6. The fraction of sp³-hybridized carbons (Fsp3) is 0.375. The topological polar surface area (TPSA) is 107 Å². The number of anilines is 1. The fourth-order valence-corrected chi connectivity index (χ4v) is 3.18. The van der Waals surface area contributed by atoms with Crippen LogP contribution in [0, 0.1) is 5.82 Å². The van der Waals surface area contributed by atoms with Gasteiger partial charge in [-0.15, -0.1) is 0 Å². The molecule has 1 aromatic carbocycles. The van der Waals surface area contributed by atoms with Crippen molar-refractivity contribution in [2.75, 3.05) is 11.4 Å². The summed E-state index contributed by atoms with van der Waals surface area (Å²) in [4.78, 5) is 50.1. The Labute approximate surface area is 142 Å². The van der Waals surface area contributed by atoms with E-state index < -0.39 is 41.7 Å². The molecule has 2 aliphatic heterocycles. The molecule has 2 N–H and O–H groups in total. The average Bonchev–Trinajstić information content (AvgIpc) is 2.98. The highest BCUT2D eigenvalue weighted by Crippen LogP contribution is 2.28. The van der Waals surface area contributed by atoms with Crippen LogP contribution in [0.5, 0.6) is 0 Å². The van der Waals surface area contributed by atoms with Crippen LogP contribution in [0.3, 0.4) is 0 Å². The number of benzene rings is 1. The van der Waals surface area contributed by atoms with Gasteiger partial charge in [-0.1, -0.05) is 0 Å². The minimum absolute atomic E-state index is 0.201. The number of imide groups is 1. The summed E-state index contributed by atoms with van der Waals surface area (Å²) in [5.74, 6) is -2.63. The van der Waals surface area contributed by atoms with Crippen LogP contribution in [0.2, 0.25) is 0 Å². The van der Waals surface area contributed by atoms with Crippen LogP contribution in [0.4, 0.5) is 14.9 Å². The van der Waals surface area contributed by atoms with Gasteiger partial charge in [-0.05, 0) is 30.7 Å². The summed E-state index contributed by atoms with van der Waals surface area (Å²) < 4.78 is 13.1. The van der Waals surface area contributed by atoms with E-state index in [0.717, 1.165) is 17.0 Å². The molecule has 2 aliphatic rings. The zero-order valence-corrected chi connectivity index (χ0v) is 13.1. The summed E-state index contributed by atoms with van der Waals surface area (Å²) >= 11 is 0. The predicted molar refractivity (Wildman–Crippen MR) is 83.2 cm³/mol. The lowest BCUT2D eigenvalue weighted by Gasteiger charge is -2.36. The summed E-state index contributed by atoms with van der Waals surface area (Å²) in [6, 6.07) is 2.85. The molecule has 0 spiro atoms. The van der Waals surface area contributed by atoms with Crippen LogP contribution in [0.25, 0.3) is 0 Å². The number of hydrogen-bond acceptors (Lipinski definition) is 4. The lowest BCUT2D eigenvalue weighted by Crippen LogP contribution is -2.65. The van der Waals surface area contributed by atoms with Gasteiger partial charge in [0.15, 0.2) is 0 Å². The smallest absolute Gasteiger partial charge is 0.329 e. The zero-order chi connectivity index (χ0) is 18.1. The Morgan fingerprint density at radius 3 is 2.52 bits per heavy atom. The van der Waals surface area contributed by atoms with Crippen LogP contribution >= 0.6 is 0 Å². The number of hydrogen-bond donors (Lipinski definition) is 2. The van der Waals surface area contributed by atoms with Gasteiger partial charge in [0.25, 0.3) is 5.91 Å². The highest BCUT2D eigenvalue weighted by molar-refractivity contribution is 6.19. The van der Waals surface area contributed by atoms with E-state index in [1.165, 1.54) is 17.0 Å². The lowest BCUT2D eigenvalue weighted by atomic mass is 10.0. The molecule has 1 aromatic rings. The van der Waals surface area contributed by atoms with Gasteiger partial charge in [0, 0.05) is 13.0 Å². The van der Waals surface area contributed by atoms with Crippen molar-refractivity contribution in [1.29, 1.82) is 0 Å². The van der Waals surface area contributed by atoms with Crippen molar-refractivity contribution < 1.29 is 28.7 Å². The molecule has 2 atom stereocenters. The van der Waals surface area contributed by atoms with E-state index in [0.29, 0.717) is 6.42 Å². The molecule has 4 amide bonds. The molecule has 0 saturated carbocycles. The Bertz CT molecular complexity index is 736. The Kier molecular flexibility index (Phi) is 4.39. The number of carboxylic acids is 1. The molecule has 8 nitrogen and oxygen atoms in total. The van der Waals surface area contributed by atoms with E-state index in [4.69, 9.17) is 5.11 Å². The number of aliphatic carboxylic acids is 1. The van der Waals surface area contributed by atoms with E-state index in [1.54, 1.807) is 0 Å². The molecule has 0 aliphatic carbocycles. The van der Waals surface area contributed by atoms with Crippen LogP contribution in [0.1, 0.15) is 19.3 Å². The van der Waals surface area contributed by atoms with Gasteiger partial charge in [-0.3, -0.25) is 14.4 Å². The van der Waals surface area contributed by atoms with Gasteiger partial charge in [0.2, 0.25) is 5.91 Å². The average molecular weight is 349 g/mol. The molecular formula is C16H16FN3O5. The molecule has 2 heterocycles. The van der Waals surface area contributed by atoms with Gasteiger partial charge in [0.1, 0.15) is 11.9 Å². The molecule has 2 unspecified atom stereocenters. The third-order valence-electron chi connectivity index (χ3n) is 4.34. The van der Waals surface area contributed by atoms with Crippen LogP contribution in [0.15, 0.2) is 24.3 Å². The second-order valence-electron chi connectivity index (χ2n) is 5.92. The number of likely N-dealkylation sites (tertiary alicyclic amines) is 1. The quantitative estimate of drug-likeness (QED) is 0.833. The number of nitrogens with one attached hydrogen (secondary N) is 1. The number of nitrogens with zero attached hydrogens (tertiary/aromatic N) is 2. The Hall–Kier alpha value is -2.97. The molecule has 25 heavy (non-hydrogen) atoms. The van der Waals surface area contributed by atoms with Crippen LogP contribution in [-0.2, 0) is 14.4 Å². The van der Waals surface area contributed by atoms with E-state index in [2.05, 4.69) is 5.32 Å². The SMILES string of the molecule is O=C(O)CCC(=O)N1CCC2NC(=O)N(c3ccc(F)cc3)C(=O)C21. The lowest BCUT2D eigenvalue weighted by molar-refractivity contribution is -0.142. The van der Waals surface area contributed by atoms with Crippen molar-refractivity contribution in [3.63, 3.8) is 0 Å². The molecule has 3 rings (SSSR count). The minimum atomic E-state index is -1.10. The number of carbonyl (C=O) groups is 4. The van der Waals surface area contributed by atoms with Crippen molar-refractivity contribution in [3.8, 4) is 0 Å².